The monoisotopic (exact) mass is 471 g/mol. The Hall–Kier alpha value is -3.07. The number of nitrogens with one attached hydrogen (secondary N) is 4. The fraction of sp³-hybridized carbons (Fsp3) is 0.632. The van der Waals surface area contributed by atoms with Crippen molar-refractivity contribution in [3.63, 3.8) is 0 Å². The van der Waals surface area contributed by atoms with E-state index in [0.717, 1.165) is 0 Å². The van der Waals surface area contributed by atoms with Gasteiger partial charge in [-0.1, -0.05) is 0 Å². The molecular weight excluding hydrogens is 438 g/mol. The van der Waals surface area contributed by atoms with Gasteiger partial charge in [-0.3, -0.25) is 14.4 Å². The summed E-state index contributed by atoms with van der Waals surface area (Å²) in [6.45, 7) is 0.956. The van der Waals surface area contributed by atoms with Crippen LogP contribution in [0.25, 0.3) is 0 Å². The number of aromatic amines is 1. The van der Waals surface area contributed by atoms with Crippen LogP contribution in [0.15, 0.2) is 12.5 Å². The first-order valence-corrected chi connectivity index (χ1v) is 10.5. The number of aliphatic carboxylic acids is 1. The van der Waals surface area contributed by atoms with Crippen molar-refractivity contribution < 1.29 is 34.5 Å². The van der Waals surface area contributed by atoms with E-state index < -0.39 is 60.6 Å². The van der Waals surface area contributed by atoms with Crippen LogP contribution >= 0.6 is 0 Å². The second-order valence-electron chi connectivity index (χ2n) is 7.54. The summed E-state index contributed by atoms with van der Waals surface area (Å²) in [4.78, 5) is 55.8. The summed E-state index contributed by atoms with van der Waals surface area (Å²) >= 11 is 0. The maximum Gasteiger partial charge on any atom is 0.328 e. The van der Waals surface area contributed by atoms with Crippen LogP contribution in [0.2, 0.25) is 0 Å². The van der Waals surface area contributed by atoms with Crippen molar-refractivity contribution >= 4 is 23.7 Å². The fourth-order valence-corrected chi connectivity index (χ4v) is 2.86. The van der Waals surface area contributed by atoms with Crippen molar-refractivity contribution in [1.82, 2.24) is 25.9 Å². The van der Waals surface area contributed by atoms with Crippen molar-refractivity contribution in [2.24, 2.45) is 11.5 Å². The summed E-state index contributed by atoms with van der Waals surface area (Å²) in [5.74, 6) is -3.77. The van der Waals surface area contributed by atoms with Crippen LogP contribution in [0.3, 0.4) is 0 Å². The molecule has 0 aliphatic rings. The lowest BCUT2D eigenvalue weighted by Crippen LogP contribution is -2.59. The number of carbonyl (C=O) groups excluding carboxylic acids is 3. The zero-order chi connectivity index (χ0) is 25.0. The van der Waals surface area contributed by atoms with Crippen LogP contribution in [0.5, 0.6) is 0 Å². The van der Waals surface area contributed by atoms with E-state index in [0.29, 0.717) is 25.1 Å². The average molecular weight is 472 g/mol. The first-order valence-electron chi connectivity index (χ1n) is 10.5. The van der Waals surface area contributed by atoms with E-state index in [2.05, 4.69) is 25.9 Å². The van der Waals surface area contributed by atoms with E-state index in [4.69, 9.17) is 16.6 Å². The molecule has 0 aliphatic heterocycles. The van der Waals surface area contributed by atoms with Gasteiger partial charge < -0.3 is 47.7 Å². The first-order chi connectivity index (χ1) is 15.6. The molecule has 0 bridgehead atoms. The standard InChI is InChI=1S/C19H33N7O7/c1-10(28)15(19(32)33)26-18(31)14(6-11-7-22-9-23-11)25-17(30)13(4-2-3-5-20)24-16(29)12(21)8-27/h7,9-10,12-15,27-28H,2-6,8,20-21H2,1H3,(H,22,23)(H,24,29)(H,25,30)(H,26,31)(H,32,33). The van der Waals surface area contributed by atoms with Crippen molar-refractivity contribution in [3.05, 3.63) is 18.2 Å². The van der Waals surface area contributed by atoms with Gasteiger partial charge in [-0.05, 0) is 32.7 Å². The largest absolute Gasteiger partial charge is 0.480 e. The molecule has 14 heteroatoms. The van der Waals surface area contributed by atoms with Gasteiger partial charge in [0.05, 0.1) is 19.0 Å². The van der Waals surface area contributed by atoms with Gasteiger partial charge in [0.2, 0.25) is 17.7 Å². The van der Waals surface area contributed by atoms with Gasteiger partial charge in [0, 0.05) is 18.3 Å². The number of unbranched alkanes of at least 4 members (excludes halogenated alkanes) is 1. The minimum absolute atomic E-state index is 0.0661. The summed E-state index contributed by atoms with van der Waals surface area (Å²) in [6, 6.07) is -5.16. The molecule has 0 fully saturated rings. The number of carbonyl (C=O) groups is 4. The molecule has 0 radical (unpaired) electrons. The van der Waals surface area contributed by atoms with Gasteiger partial charge in [0.1, 0.15) is 18.1 Å². The molecule has 5 atom stereocenters. The predicted molar refractivity (Wildman–Crippen MR) is 115 cm³/mol. The molecule has 0 saturated carbocycles. The van der Waals surface area contributed by atoms with Crippen molar-refractivity contribution in [2.45, 2.75) is 62.9 Å². The Kier molecular flexibility index (Phi) is 12.0. The Balaban J connectivity index is 3.04. The number of imidazole rings is 1. The topological polar surface area (TPSA) is 246 Å². The molecule has 14 nitrogen and oxygen atoms in total. The van der Waals surface area contributed by atoms with Crippen LogP contribution in [0.4, 0.5) is 0 Å². The predicted octanol–water partition coefficient (Wildman–Crippen LogP) is -3.68. The molecule has 0 spiro atoms. The van der Waals surface area contributed by atoms with Crippen LogP contribution in [-0.4, -0.2) is 92.4 Å². The minimum atomic E-state index is -1.60. The third-order valence-electron chi connectivity index (χ3n) is 4.77. The molecule has 1 aromatic rings. The minimum Gasteiger partial charge on any atom is -0.480 e. The number of aliphatic hydroxyl groups is 2. The number of rotatable bonds is 15. The average Bonchev–Trinajstić information content (AvgIpc) is 3.28. The van der Waals surface area contributed by atoms with Crippen LogP contribution < -0.4 is 27.4 Å². The molecule has 0 saturated heterocycles. The number of carboxylic acid groups (broad SMARTS) is 1. The molecule has 33 heavy (non-hydrogen) atoms. The van der Waals surface area contributed by atoms with Crippen molar-refractivity contribution in [2.75, 3.05) is 13.2 Å². The first kappa shape index (κ1) is 28.0. The summed E-state index contributed by atoms with van der Waals surface area (Å²) in [5.41, 5.74) is 11.5. The second-order valence-corrected chi connectivity index (χ2v) is 7.54. The SMILES string of the molecule is CC(O)C(NC(=O)C(Cc1cnc[nH]1)NC(=O)C(CCCCN)NC(=O)C(N)CO)C(=O)O. The third kappa shape index (κ3) is 9.53. The van der Waals surface area contributed by atoms with Gasteiger partial charge in [0.25, 0.3) is 0 Å². The van der Waals surface area contributed by atoms with Gasteiger partial charge in [-0.15, -0.1) is 0 Å². The van der Waals surface area contributed by atoms with Crippen molar-refractivity contribution in [3.8, 4) is 0 Å². The quantitative estimate of drug-likeness (QED) is 0.113. The molecule has 1 rings (SSSR count). The molecule has 1 heterocycles. The van der Waals surface area contributed by atoms with Gasteiger partial charge in [-0.2, -0.15) is 0 Å². The van der Waals surface area contributed by atoms with Crippen molar-refractivity contribution in [1.29, 1.82) is 0 Å². The number of aliphatic hydroxyl groups excluding tert-OH is 2. The summed E-state index contributed by atoms with van der Waals surface area (Å²) in [6.07, 6.45) is 2.60. The number of amides is 3. The zero-order valence-electron chi connectivity index (χ0n) is 18.4. The molecule has 3 amide bonds. The summed E-state index contributed by atoms with van der Waals surface area (Å²) in [5, 5.41) is 35.1. The molecular formula is C19H33N7O7. The number of aromatic nitrogens is 2. The number of nitrogens with two attached hydrogens (primary N) is 2. The smallest absolute Gasteiger partial charge is 0.328 e. The Bertz CT molecular complexity index is 773. The number of carboxylic acids is 1. The molecule has 5 unspecified atom stereocenters. The lowest BCUT2D eigenvalue weighted by molar-refractivity contribution is -0.145. The fourth-order valence-electron chi connectivity index (χ4n) is 2.86. The summed E-state index contributed by atoms with van der Waals surface area (Å²) in [7, 11) is 0. The Morgan fingerprint density at radius 3 is 2.24 bits per heavy atom. The lowest BCUT2D eigenvalue weighted by atomic mass is 10.1. The normalized spacial score (nSPS) is 15.5. The van der Waals surface area contributed by atoms with Crippen LogP contribution in [0, 0.1) is 0 Å². The third-order valence-corrected chi connectivity index (χ3v) is 4.77. The molecule has 0 aromatic carbocycles. The summed E-state index contributed by atoms with van der Waals surface area (Å²) < 4.78 is 0. The van der Waals surface area contributed by atoms with E-state index in [1.165, 1.54) is 19.4 Å². The second kappa shape index (κ2) is 14.2. The molecule has 0 aliphatic carbocycles. The highest BCUT2D eigenvalue weighted by atomic mass is 16.4. The van der Waals surface area contributed by atoms with Crippen LogP contribution in [-0.2, 0) is 25.6 Å². The van der Waals surface area contributed by atoms with Crippen LogP contribution in [0.1, 0.15) is 31.9 Å². The zero-order valence-corrected chi connectivity index (χ0v) is 18.4. The van der Waals surface area contributed by atoms with E-state index in [1.54, 1.807) is 0 Å². The number of H-pyrrole nitrogens is 1. The Labute approximate surface area is 190 Å². The maximum atomic E-state index is 12.9. The number of nitrogens with zero attached hydrogens (tertiary/aromatic N) is 1. The highest BCUT2D eigenvalue weighted by Gasteiger charge is 2.32. The number of hydrogen-bond acceptors (Lipinski definition) is 9. The van der Waals surface area contributed by atoms with Gasteiger partial charge >= 0.3 is 5.97 Å². The Morgan fingerprint density at radius 2 is 1.73 bits per heavy atom. The van der Waals surface area contributed by atoms with E-state index in [1.807, 2.05) is 0 Å². The molecule has 1 aromatic heterocycles. The van der Waals surface area contributed by atoms with E-state index >= 15 is 0 Å². The molecule has 11 N–H and O–H groups in total. The van der Waals surface area contributed by atoms with Gasteiger partial charge in [-0.25, -0.2) is 9.78 Å². The lowest BCUT2D eigenvalue weighted by Gasteiger charge is -2.25. The van der Waals surface area contributed by atoms with E-state index in [-0.39, 0.29) is 12.8 Å². The van der Waals surface area contributed by atoms with E-state index in [9.17, 15) is 29.4 Å². The highest BCUT2D eigenvalue weighted by molar-refractivity contribution is 5.94. The highest BCUT2D eigenvalue weighted by Crippen LogP contribution is 2.06. The van der Waals surface area contributed by atoms with Gasteiger partial charge in [0.15, 0.2) is 6.04 Å². The number of hydrogen-bond donors (Lipinski definition) is 9. The Morgan fingerprint density at radius 1 is 1.09 bits per heavy atom. The maximum absolute atomic E-state index is 12.9. The molecule has 186 valence electrons.